The SMILES string of the molecule is N=C=O.N=C=O.NC=O. The van der Waals surface area contributed by atoms with Gasteiger partial charge in [0, 0.05) is 0 Å². The zero-order chi connectivity index (χ0) is 8.12. The van der Waals surface area contributed by atoms with Crippen LogP contribution in [0.1, 0.15) is 0 Å². The second-order valence-electron chi connectivity index (χ2n) is 0.340. The summed E-state index contributed by atoms with van der Waals surface area (Å²) < 4.78 is 0. The van der Waals surface area contributed by atoms with Crippen LogP contribution in [-0.4, -0.2) is 18.6 Å². The van der Waals surface area contributed by atoms with Crippen molar-refractivity contribution in [2.45, 2.75) is 0 Å². The fraction of sp³-hybridized carbons (Fsp3) is 0. The van der Waals surface area contributed by atoms with E-state index in [9.17, 15) is 0 Å². The van der Waals surface area contributed by atoms with Crippen LogP contribution in [0.3, 0.4) is 0 Å². The maximum absolute atomic E-state index is 8.58. The molecule has 0 atom stereocenters. The van der Waals surface area contributed by atoms with Gasteiger partial charge >= 0.3 is 0 Å². The topological polar surface area (TPSA) is 125 Å². The first kappa shape index (κ1) is 15.7. The molecule has 4 N–H and O–H groups in total. The van der Waals surface area contributed by atoms with E-state index < -0.39 is 0 Å². The fourth-order valence-corrected chi connectivity index (χ4v) is 0. The van der Waals surface area contributed by atoms with Crippen molar-refractivity contribution in [3.05, 3.63) is 0 Å². The summed E-state index contributed by atoms with van der Waals surface area (Å²) in [5, 5.41) is 10.8. The van der Waals surface area contributed by atoms with Crippen LogP contribution in [0.25, 0.3) is 0 Å². The molecule has 0 radical (unpaired) electrons. The summed E-state index contributed by atoms with van der Waals surface area (Å²) >= 11 is 0. The third-order valence-corrected chi connectivity index (χ3v) is 0. The molecule has 0 aromatic rings. The number of carbonyl (C=O) groups excluding carboxylic acids is 3. The van der Waals surface area contributed by atoms with Crippen molar-refractivity contribution in [3.63, 3.8) is 0 Å². The van der Waals surface area contributed by atoms with Crippen molar-refractivity contribution in [1.29, 1.82) is 10.8 Å². The molecule has 0 unspecified atom stereocenters. The van der Waals surface area contributed by atoms with Gasteiger partial charge in [0.1, 0.15) is 0 Å². The molecule has 0 aromatic heterocycles. The van der Waals surface area contributed by atoms with Crippen LogP contribution >= 0.6 is 0 Å². The first-order chi connectivity index (χ1) is 4.24. The van der Waals surface area contributed by atoms with Crippen LogP contribution in [0.15, 0.2) is 0 Å². The lowest BCUT2D eigenvalue weighted by Gasteiger charge is -1.32. The summed E-state index contributed by atoms with van der Waals surface area (Å²) in [6.07, 6.45) is 1.75. The normalized spacial score (nSPS) is 3.11. The molecule has 6 heteroatoms. The molecular formula is C3H5N3O3. The Morgan fingerprint density at radius 2 is 1.22 bits per heavy atom. The predicted octanol–water partition coefficient (Wildman–Crippen LogP) is -1.10. The number of primary amides is 1. The Balaban J connectivity index is -0.0000000600. The lowest BCUT2D eigenvalue weighted by Crippen LogP contribution is -1.82. The highest BCUT2D eigenvalue weighted by molar-refractivity contribution is 5.42. The standard InChI is InChI=1S/CH3NO.2CHNO/c3*2-1-3/h1H,(H2,2,3);2*2H. The summed E-state index contributed by atoms with van der Waals surface area (Å²) in [5.41, 5.74) is 4.17. The van der Waals surface area contributed by atoms with Crippen molar-refractivity contribution >= 4 is 18.6 Å². The van der Waals surface area contributed by atoms with Crippen LogP contribution < -0.4 is 5.73 Å². The Labute approximate surface area is 50.7 Å². The quantitative estimate of drug-likeness (QED) is 0.219. The Morgan fingerprint density at radius 1 is 1.22 bits per heavy atom. The minimum absolute atomic E-state index is 0.250. The van der Waals surface area contributed by atoms with E-state index >= 15 is 0 Å². The van der Waals surface area contributed by atoms with E-state index in [1.807, 2.05) is 0 Å². The van der Waals surface area contributed by atoms with E-state index in [0.717, 1.165) is 12.2 Å². The third kappa shape index (κ3) is 35.6. The summed E-state index contributed by atoms with van der Waals surface area (Å²) in [5.74, 6) is 0. The smallest absolute Gasteiger partial charge is 0.231 e. The number of nitrogens with two attached hydrogens (primary N) is 1. The maximum Gasteiger partial charge on any atom is 0.231 e. The predicted molar refractivity (Wildman–Crippen MR) is 27.1 cm³/mol. The lowest BCUT2D eigenvalue weighted by atomic mass is 11.5. The van der Waals surface area contributed by atoms with E-state index in [1.54, 1.807) is 0 Å². The van der Waals surface area contributed by atoms with Crippen LogP contribution in [0, 0.1) is 10.8 Å². The number of isocyanates is 2. The maximum atomic E-state index is 8.58. The first-order valence-corrected chi connectivity index (χ1v) is 1.48. The van der Waals surface area contributed by atoms with Gasteiger partial charge in [0.15, 0.2) is 0 Å². The van der Waals surface area contributed by atoms with Crippen molar-refractivity contribution in [3.8, 4) is 0 Å². The highest BCUT2D eigenvalue weighted by Crippen LogP contribution is 0.871. The van der Waals surface area contributed by atoms with Gasteiger partial charge in [-0.2, -0.15) is 0 Å². The molecule has 0 aliphatic rings. The number of rotatable bonds is 0. The van der Waals surface area contributed by atoms with Gasteiger partial charge in [0.25, 0.3) is 0 Å². The van der Waals surface area contributed by atoms with Gasteiger partial charge in [-0.3, -0.25) is 4.79 Å². The van der Waals surface area contributed by atoms with E-state index in [-0.39, 0.29) is 6.41 Å². The van der Waals surface area contributed by atoms with Gasteiger partial charge in [-0.15, -0.1) is 0 Å². The van der Waals surface area contributed by atoms with Crippen LogP contribution in [-0.2, 0) is 14.4 Å². The summed E-state index contributed by atoms with van der Waals surface area (Å²) in [4.78, 5) is 25.3. The van der Waals surface area contributed by atoms with Gasteiger partial charge in [0.2, 0.25) is 18.6 Å². The van der Waals surface area contributed by atoms with Crippen molar-refractivity contribution in [2.75, 3.05) is 0 Å². The molecule has 0 saturated heterocycles. The van der Waals surface area contributed by atoms with E-state index in [1.165, 1.54) is 0 Å². The number of hydrogen-bond donors (Lipinski definition) is 3. The highest BCUT2D eigenvalue weighted by atomic mass is 16.1. The molecule has 0 fully saturated rings. The largest absolute Gasteiger partial charge is 0.372 e. The minimum Gasteiger partial charge on any atom is -0.372 e. The summed E-state index contributed by atoms with van der Waals surface area (Å²) in [6, 6.07) is 0. The molecule has 0 bridgehead atoms. The molecule has 50 valence electrons. The Kier molecular flexibility index (Phi) is 196. The van der Waals surface area contributed by atoms with Gasteiger partial charge < -0.3 is 5.73 Å². The van der Waals surface area contributed by atoms with E-state index in [0.29, 0.717) is 0 Å². The van der Waals surface area contributed by atoms with E-state index in [2.05, 4.69) is 5.73 Å². The second kappa shape index (κ2) is 113. The molecule has 9 heavy (non-hydrogen) atoms. The summed E-state index contributed by atoms with van der Waals surface area (Å²) in [6.45, 7) is 0. The minimum atomic E-state index is 0.250. The summed E-state index contributed by atoms with van der Waals surface area (Å²) in [7, 11) is 0. The molecule has 6 nitrogen and oxygen atoms in total. The van der Waals surface area contributed by atoms with Crippen LogP contribution in [0.4, 0.5) is 0 Å². The fourth-order valence-electron chi connectivity index (χ4n) is 0. The van der Waals surface area contributed by atoms with Crippen molar-refractivity contribution in [1.82, 2.24) is 0 Å². The van der Waals surface area contributed by atoms with Crippen molar-refractivity contribution in [2.24, 2.45) is 5.73 Å². The van der Waals surface area contributed by atoms with Crippen LogP contribution in [0.2, 0.25) is 0 Å². The second-order valence-corrected chi connectivity index (χ2v) is 0.340. The highest BCUT2D eigenvalue weighted by Gasteiger charge is 1.19. The van der Waals surface area contributed by atoms with E-state index in [4.69, 9.17) is 25.2 Å². The Bertz CT molecular complexity index is 97.5. The first-order valence-electron chi connectivity index (χ1n) is 1.48. The molecular weight excluding hydrogens is 126 g/mol. The van der Waals surface area contributed by atoms with Crippen LogP contribution in [0.5, 0.6) is 0 Å². The Hall–Kier alpha value is -1.77. The van der Waals surface area contributed by atoms with Gasteiger partial charge in [-0.05, 0) is 0 Å². The average Bonchev–Trinajstić information content (AvgIpc) is 1.70. The van der Waals surface area contributed by atoms with Gasteiger partial charge in [-0.1, -0.05) is 0 Å². The molecule has 1 amide bonds. The van der Waals surface area contributed by atoms with Gasteiger partial charge in [0.05, 0.1) is 0 Å². The molecule has 0 aliphatic carbocycles. The molecule has 0 aromatic carbocycles. The Morgan fingerprint density at radius 3 is 1.22 bits per heavy atom. The van der Waals surface area contributed by atoms with Crippen molar-refractivity contribution < 1.29 is 14.4 Å². The zero-order valence-electron chi connectivity index (χ0n) is 4.38. The average molecular weight is 131 g/mol. The number of amides is 1. The zero-order valence-corrected chi connectivity index (χ0v) is 4.38. The lowest BCUT2D eigenvalue weighted by molar-refractivity contribution is -0.106. The number of carbonyl (C=O) groups is 1. The number of nitrogens with one attached hydrogen (secondary N) is 2. The molecule has 0 spiro atoms. The number of hydrogen-bond acceptors (Lipinski definition) is 5. The molecule has 0 saturated carbocycles. The molecule has 0 aliphatic heterocycles. The third-order valence-electron chi connectivity index (χ3n) is 0. The molecule has 0 rings (SSSR count). The molecule has 0 heterocycles. The van der Waals surface area contributed by atoms with Gasteiger partial charge in [-0.25, -0.2) is 20.4 Å². The monoisotopic (exact) mass is 131 g/mol.